The summed E-state index contributed by atoms with van der Waals surface area (Å²) in [6.45, 7) is 7.19. The minimum atomic E-state index is -3.56. The second kappa shape index (κ2) is 7.84. The van der Waals surface area contributed by atoms with Gasteiger partial charge in [-0.25, -0.2) is 8.42 Å². The van der Waals surface area contributed by atoms with Gasteiger partial charge in [-0.15, -0.1) is 0 Å². The van der Waals surface area contributed by atoms with E-state index in [2.05, 4.69) is 0 Å². The third-order valence-corrected chi connectivity index (χ3v) is 5.00. The van der Waals surface area contributed by atoms with Crippen LogP contribution in [-0.2, 0) is 14.6 Å². The number of phenolic OH excluding ortho intramolecular Hbond substituents is 1. The van der Waals surface area contributed by atoms with Crippen LogP contribution < -0.4 is 0 Å². The Balaban J connectivity index is 3.06. The predicted octanol–water partition coefficient (Wildman–Crippen LogP) is 4.30. The fourth-order valence-corrected chi connectivity index (χ4v) is 2.71. The number of phenols is 1. The summed E-state index contributed by atoms with van der Waals surface area (Å²) in [7, 11) is -3.56. The lowest BCUT2D eigenvalue weighted by atomic mass is 10.3. The molecule has 0 aliphatic rings. The molecule has 0 amide bonds. The first-order valence-corrected chi connectivity index (χ1v) is 8.52. The van der Waals surface area contributed by atoms with Gasteiger partial charge in [-0.05, 0) is 63.3 Å². The molecule has 1 N–H and O–H groups in total. The molecule has 0 saturated carbocycles. The first-order chi connectivity index (χ1) is 10.3. The van der Waals surface area contributed by atoms with Crippen LogP contribution in [0.3, 0.4) is 0 Å². The van der Waals surface area contributed by atoms with Gasteiger partial charge in [-0.3, -0.25) is 0 Å². The Morgan fingerprint density at radius 3 is 2.27 bits per heavy atom. The van der Waals surface area contributed by atoms with E-state index in [4.69, 9.17) is 4.74 Å². The molecule has 1 rings (SSSR count). The largest absolute Gasteiger partial charge is 0.508 e. The second-order valence-electron chi connectivity index (χ2n) is 4.76. The number of rotatable bonds is 6. The lowest BCUT2D eigenvalue weighted by Gasteiger charge is -2.08. The van der Waals surface area contributed by atoms with Crippen LogP contribution in [0.4, 0.5) is 0 Å². The highest BCUT2D eigenvalue weighted by molar-refractivity contribution is 7.95. The van der Waals surface area contributed by atoms with Crippen LogP contribution in [-0.4, -0.2) is 13.5 Å². The number of allylic oxidation sites excluding steroid dienone is 6. The molecule has 0 bridgehead atoms. The molecule has 0 fully saturated rings. The van der Waals surface area contributed by atoms with Crippen molar-refractivity contribution in [2.75, 3.05) is 0 Å². The van der Waals surface area contributed by atoms with Gasteiger partial charge in [0.15, 0.2) is 0 Å². The van der Waals surface area contributed by atoms with E-state index < -0.39 is 9.84 Å². The van der Waals surface area contributed by atoms with E-state index in [1.54, 1.807) is 6.08 Å². The Hall–Kier alpha value is -2.01. The van der Waals surface area contributed by atoms with E-state index >= 15 is 0 Å². The number of benzene rings is 1. The topological polar surface area (TPSA) is 63.6 Å². The number of ether oxygens (including phenoxy) is 1. The molecule has 120 valence electrons. The van der Waals surface area contributed by atoms with E-state index in [-0.39, 0.29) is 15.6 Å². The molecule has 0 unspecified atom stereocenters. The third-order valence-electron chi connectivity index (χ3n) is 3.12. The molecule has 0 atom stereocenters. The summed E-state index contributed by atoms with van der Waals surface area (Å²) in [6.07, 6.45) is 5.70. The second-order valence-corrected chi connectivity index (χ2v) is 6.88. The van der Waals surface area contributed by atoms with Crippen molar-refractivity contribution < 1.29 is 18.3 Å². The maximum absolute atomic E-state index is 12.4. The van der Waals surface area contributed by atoms with Gasteiger partial charge in [0, 0.05) is 11.3 Å². The van der Waals surface area contributed by atoms with Crippen molar-refractivity contribution in [1.82, 2.24) is 0 Å². The summed E-state index contributed by atoms with van der Waals surface area (Å²) >= 11 is 0. The fraction of sp³-hybridized carbons (Fsp3) is 0.294. The molecule has 0 aromatic heterocycles. The van der Waals surface area contributed by atoms with Crippen molar-refractivity contribution in [2.24, 2.45) is 0 Å². The smallest absolute Gasteiger partial charge is 0.202 e. The molecule has 0 aliphatic heterocycles. The van der Waals surface area contributed by atoms with Crippen molar-refractivity contribution in [3.05, 3.63) is 58.9 Å². The van der Waals surface area contributed by atoms with E-state index in [9.17, 15) is 13.5 Å². The minimum Gasteiger partial charge on any atom is -0.508 e. The van der Waals surface area contributed by atoms with Gasteiger partial charge in [0.1, 0.15) is 11.5 Å². The molecule has 0 saturated heterocycles. The monoisotopic (exact) mass is 322 g/mol. The highest BCUT2D eigenvalue weighted by atomic mass is 32.2. The molecular weight excluding hydrogens is 300 g/mol. The Morgan fingerprint density at radius 1 is 1.18 bits per heavy atom. The summed E-state index contributed by atoms with van der Waals surface area (Å²) < 4.78 is 30.4. The molecule has 4 nitrogen and oxygen atoms in total. The van der Waals surface area contributed by atoms with Crippen LogP contribution in [0.1, 0.15) is 34.1 Å². The molecule has 0 radical (unpaired) electrons. The molecule has 1 aromatic carbocycles. The predicted molar refractivity (Wildman–Crippen MR) is 87.9 cm³/mol. The van der Waals surface area contributed by atoms with Gasteiger partial charge < -0.3 is 9.84 Å². The molecule has 0 spiro atoms. The van der Waals surface area contributed by atoms with Crippen molar-refractivity contribution in [1.29, 1.82) is 0 Å². The summed E-state index contributed by atoms with van der Waals surface area (Å²) in [5.41, 5.74) is 0. The average Bonchev–Trinajstić information content (AvgIpc) is 2.51. The zero-order valence-electron chi connectivity index (χ0n) is 13.3. The van der Waals surface area contributed by atoms with Gasteiger partial charge in [-0.2, -0.15) is 0 Å². The highest BCUT2D eigenvalue weighted by Crippen LogP contribution is 2.21. The van der Waals surface area contributed by atoms with Crippen molar-refractivity contribution in [3.8, 4) is 5.75 Å². The maximum atomic E-state index is 12.4. The first-order valence-electron chi connectivity index (χ1n) is 7.03. The number of sulfone groups is 1. The molecule has 0 heterocycles. The zero-order chi connectivity index (χ0) is 16.8. The van der Waals surface area contributed by atoms with Crippen LogP contribution in [0.25, 0.3) is 0 Å². The lowest BCUT2D eigenvalue weighted by molar-refractivity contribution is 0.295. The van der Waals surface area contributed by atoms with Gasteiger partial charge >= 0.3 is 0 Å². The molecule has 1 aromatic rings. The van der Waals surface area contributed by atoms with Crippen LogP contribution >= 0.6 is 0 Å². The van der Waals surface area contributed by atoms with E-state index in [0.29, 0.717) is 12.2 Å². The van der Waals surface area contributed by atoms with Crippen LogP contribution in [0.2, 0.25) is 0 Å². The Kier molecular flexibility index (Phi) is 6.43. The van der Waals surface area contributed by atoms with Crippen molar-refractivity contribution in [2.45, 2.75) is 39.0 Å². The lowest BCUT2D eigenvalue weighted by Crippen LogP contribution is -2.02. The summed E-state index contributed by atoms with van der Waals surface area (Å²) in [5.74, 6) is 1.49. The SMILES string of the molecule is C/C=C(\C)O/C(=C/C=C(\C)S(=O)(=O)c1ccc(O)cc1)CC. The van der Waals surface area contributed by atoms with E-state index in [1.807, 2.05) is 26.8 Å². The molecule has 22 heavy (non-hydrogen) atoms. The van der Waals surface area contributed by atoms with E-state index in [0.717, 1.165) is 5.76 Å². The van der Waals surface area contributed by atoms with Gasteiger partial charge in [-0.1, -0.05) is 6.92 Å². The van der Waals surface area contributed by atoms with Gasteiger partial charge in [0.25, 0.3) is 0 Å². The normalized spacial score (nSPS) is 14.1. The van der Waals surface area contributed by atoms with Crippen molar-refractivity contribution in [3.63, 3.8) is 0 Å². The molecule has 5 heteroatoms. The standard InChI is InChI=1S/C17H22O4S/c1-5-13(3)21-16(6-2)10-7-14(4)22(19,20)17-11-8-15(18)9-12-17/h5,7-12,18H,6H2,1-4H3/b13-5+,14-7+,16-10+. The average molecular weight is 322 g/mol. The number of hydrogen-bond donors (Lipinski definition) is 1. The Morgan fingerprint density at radius 2 is 1.77 bits per heavy atom. The van der Waals surface area contributed by atoms with Crippen LogP contribution in [0, 0.1) is 0 Å². The maximum Gasteiger partial charge on any atom is 0.202 e. The third kappa shape index (κ3) is 4.77. The zero-order valence-corrected chi connectivity index (χ0v) is 14.1. The minimum absolute atomic E-state index is 0.0315. The van der Waals surface area contributed by atoms with Gasteiger partial charge in [0.2, 0.25) is 9.84 Å². The summed E-state index contributed by atoms with van der Waals surface area (Å²) in [6, 6.07) is 5.47. The fourth-order valence-electron chi connectivity index (χ4n) is 1.60. The Bertz CT molecular complexity index is 693. The molecular formula is C17H22O4S. The Labute approximate surface area is 132 Å². The van der Waals surface area contributed by atoms with Gasteiger partial charge in [0.05, 0.1) is 10.7 Å². The summed E-state index contributed by atoms with van der Waals surface area (Å²) in [4.78, 5) is 0.363. The van der Waals surface area contributed by atoms with Crippen molar-refractivity contribution >= 4 is 9.84 Å². The first kappa shape index (κ1) is 18.0. The number of hydrogen-bond acceptors (Lipinski definition) is 4. The quantitative estimate of drug-likeness (QED) is 0.626. The highest BCUT2D eigenvalue weighted by Gasteiger charge is 2.16. The summed E-state index contributed by atoms with van der Waals surface area (Å²) in [5, 5.41) is 9.24. The number of aromatic hydroxyl groups is 1. The van der Waals surface area contributed by atoms with Crippen LogP contribution in [0.5, 0.6) is 5.75 Å². The van der Waals surface area contributed by atoms with Crippen LogP contribution in [0.15, 0.2) is 63.8 Å². The molecule has 0 aliphatic carbocycles. The van der Waals surface area contributed by atoms with E-state index in [1.165, 1.54) is 37.3 Å².